The summed E-state index contributed by atoms with van der Waals surface area (Å²) in [5.74, 6) is 2.37. The first kappa shape index (κ1) is 13.1. The highest BCUT2D eigenvalue weighted by Gasteiger charge is 2.09. The summed E-state index contributed by atoms with van der Waals surface area (Å²) in [6.45, 7) is 0.581. The molecule has 96 valence electrons. The van der Waals surface area contributed by atoms with Crippen LogP contribution < -0.4 is 10.9 Å². The summed E-state index contributed by atoms with van der Waals surface area (Å²) in [7, 11) is 0. The number of aromatic nitrogens is 3. The predicted octanol–water partition coefficient (Wildman–Crippen LogP) is 1.54. The molecule has 0 amide bonds. The third-order valence-electron chi connectivity index (χ3n) is 2.46. The van der Waals surface area contributed by atoms with E-state index in [0.29, 0.717) is 12.2 Å². The van der Waals surface area contributed by atoms with Gasteiger partial charge in [-0.1, -0.05) is 17.5 Å². The highest BCUT2D eigenvalue weighted by atomic mass is 35.5. The monoisotopic (exact) mass is 274 g/mol. The lowest BCUT2D eigenvalue weighted by Crippen LogP contribution is -2.25. The van der Waals surface area contributed by atoms with Gasteiger partial charge in [-0.05, 0) is 17.7 Å². The van der Waals surface area contributed by atoms with Crippen molar-refractivity contribution in [2.75, 3.05) is 5.32 Å². The van der Waals surface area contributed by atoms with Gasteiger partial charge in [-0.3, -0.25) is 9.78 Å². The van der Waals surface area contributed by atoms with Crippen molar-refractivity contribution in [1.29, 1.82) is 0 Å². The number of rotatable bonds is 4. The largest absolute Gasteiger partial charge is 0.375 e. The SMILES string of the molecule is C#CCn1ncc(Cl)c(NCc2ccncc2)c1=O. The van der Waals surface area contributed by atoms with Gasteiger partial charge in [-0.2, -0.15) is 5.10 Å². The smallest absolute Gasteiger partial charge is 0.292 e. The van der Waals surface area contributed by atoms with E-state index in [1.165, 1.54) is 10.9 Å². The van der Waals surface area contributed by atoms with Crippen molar-refractivity contribution in [1.82, 2.24) is 14.8 Å². The maximum Gasteiger partial charge on any atom is 0.292 e. The second-order valence-electron chi connectivity index (χ2n) is 3.74. The van der Waals surface area contributed by atoms with Crippen molar-refractivity contribution in [3.63, 3.8) is 0 Å². The van der Waals surface area contributed by atoms with Gasteiger partial charge >= 0.3 is 0 Å². The summed E-state index contributed by atoms with van der Waals surface area (Å²) < 4.78 is 1.18. The Morgan fingerprint density at radius 3 is 2.84 bits per heavy atom. The first-order chi connectivity index (χ1) is 9.22. The zero-order valence-electron chi connectivity index (χ0n) is 10.0. The Morgan fingerprint density at radius 2 is 2.16 bits per heavy atom. The summed E-state index contributed by atoms with van der Waals surface area (Å²) in [5, 5.41) is 7.13. The molecule has 0 spiro atoms. The minimum absolute atomic E-state index is 0.111. The fraction of sp³-hybridized carbons (Fsp3) is 0.154. The Morgan fingerprint density at radius 1 is 1.42 bits per heavy atom. The van der Waals surface area contributed by atoms with E-state index in [2.05, 4.69) is 21.3 Å². The van der Waals surface area contributed by atoms with E-state index in [4.69, 9.17) is 18.0 Å². The van der Waals surface area contributed by atoms with E-state index >= 15 is 0 Å². The van der Waals surface area contributed by atoms with Crippen LogP contribution in [-0.2, 0) is 13.1 Å². The summed E-state index contributed by atoms with van der Waals surface area (Å²) >= 11 is 5.97. The van der Waals surface area contributed by atoms with Crippen LogP contribution in [0.25, 0.3) is 0 Å². The lowest BCUT2D eigenvalue weighted by molar-refractivity contribution is 0.664. The number of pyridine rings is 1. The lowest BCUT2D eigenvalue weighted by atomic mass is 10.2. The van der Waals surface area contributed by atoms with Crippen molar-refractivity contribution in [2.45, 2.75) is 13.1 Å². The molecule has 0 aliphatic rings. The number of terminal acetylenes is 1. The van der Waals surface area contributed by atoms with Crippen molar-refractivity contribution in [2.24, 2.45) is 0 Å². The molecule has 0 atom stereocenters. The average Bonchev–Trinajstić information content (AvgIpc) is 2.43. The van der Waals surface area contributed by atoms with E-state index in [-0.39, 0.29) is 17.1 Å². The minimum atomic E-state index is -0.334. The number of halogens is 1. The maximum absolute atomic E-state index is 12.0. The normalized spacial score (nSPS) is 9.89. The average molecular weight is 275 g/mol. The Hall–Kier alpha value is -2.32. The number of nitrogens with one attached hydrogen (secondary N) is 1. The third-order valence-corrected chi connectivity index (χ3v) is 2.74. The lowest BCUT2D eigenvalue weighted by Gasteiger charge is -2.09. The fourth-order valence-electron chi connectivity index (χ4n) is 1.52. The van der Waals surface area contributed by atoms with Gasteiger partial charge in [0.25, 0.3) is 5.56 Å². The predicted molar refractivity (Wildman–Crippen MR) is 73.9 cm³/mol. The van der Waals surface area contributed by atoms with Crippen LogP contribution in [0.5, 0.6) is 0 Å². The van der Waals surface area contributed by atoms with Gasteiger partial charge in [0.05, 0.1) is 11.2 Å². The molecule has 0 saturated heterocycles. The second-order valence-corrected chi connectivity index (χ2v) is 4.15. The maximum atomic E-state index is 12.0. The quantitative estimate of drug-likeness (QED) is 0.859. The van der Waals surface area contributed by atoms with Gasteiger partial charge < -0.3 is 5.32 Å². The number of hydrogen-bond donors (Lipinski definition) is 1. The minimum Gasteiger partial charge on any atom is -0.375 e. The molecule has 0 radical (unpaired) electrons. The molecule has 2 rings (SSSR count). The van der Waals surface area contributed by atoms with Gasteiger partial charge in [0.2, 0.25) is 0 Å². The first-order valence-electron chi connectivity index (χ1n) is 5.54. The van der Waals surface area contributed by atoms with E-state index in [0.717, 1.165) is 5.56 Å². The van der Waals surface area contributed by atoms with Gasteiger partial charge in [-0.15, -0.1) is 6.42 Å². The molecule has 0 fully saturated rings. The molecule has 0 aliphatic carbocycles. The van der Waals surface area contributed by atoms with Crippen molar-refractivity contribution < 1.29 is 0 Å². The molecule has 2 aromatic heterocycles. The van der Waals surface area contributed by atoms with E-state index in [1.807, 2.05) is 12.1 Å². The Balaban J connectivity index is 2.23. The van der Waals surface area contributed by atoms with E-state index in [1.54, 1.807) is 12.4 Å². The van der Waals surface area contributed by atoms with Gasteiger partial charge in [0, 0.05) is 18.9 Å². The van der Waals surface area contributed by atoms with Crippen LogP contribution in [0, 0.1) is 12.3 Å². The van der Waals surface area contributed by atoms with Crippen LogP contribution in [0.1, 0.15) is 5.56 Å². The van der Waals surface area contributed by atoms with Gasteiger partial charge in [0.15, 0.2) is 0 Å². The van der Waals surface area contributed by atoms with E-state index in [9.17, 15) is 4.79 Å². The third kappa shape index (κ3) is 3.12. The zero-order chi connectivity index (χ0) is 13.7. The Kier molecular flexibility index (Phi) is 4.16. The van der Waals surface area contributed by atoms with Crippen molar-refractivity contribution in [3.05, 3.63) is 51.7 Å². The van der Waals surface area contributed by atoms with Gasteiger partial charge in [-0.25, -0.2) is 4.68 Å². The number of anilines is 1. The molecule has 0 aliphatic heterocycles. The molecule has 19 heavy (non-hydrogen) atoms. The van der Waals surface area contributed by atoms with Crippen molar-refractivity contribution in [3.8, 4) is 12.3 Å². The molecule has 0 aromatic carbocycles. The summed E-state index contributed by atoms with van der Waals surface area (Å²) in [6.07, 6.45) is 9.94. The topological polar surface area (TPSA) is 59.8 Å². The molecule has 2 aromatic rings. The molecular weight excluding hydrogens is 264 g/mol. The van der Waals surface area contributed by atoms with Crippen LogP contribution >= 0.6 is 11.6 Å². The standard InChI is InChI=1S/C13H11ClN4O/c1-2-7-18-13(19)12(11(14)9-17-18)16-8-10-3-5-15-6-4-10/h1,3-6,9,16H,7-8H2. The highest BCUT2D eigenvalue weighted by molar-refractivity contribution is 6.32. The van der Waals surface area contributed by atoms with Crippen molar-refractivity contribution >= 4 is 17.3 Å². The molecule has 0 unspecified atom stereocenters. The Labute approximate surface area is 115 Å². The van der Waals surface area contributed by atoms with Crippen LogP contribution in [0.2, 0.25) is 5.02 Å². The first-order valence-corrected chi connectivity index (χ1v) is 5.92. The highest BCUT2D eigenvalue weighted by Crippen LogP contribution is 2.15. The molecule has 6 heteroatoms. The fourth-order valence-corrected chi connectivity index (χ4v) is 1.71. The molecule has 5 nitrogen and oxygen atoms in total. The van der Waals surface area contributed by atoms with E-state index < -0.39 is 0 Å². The molecular formula is C13H11ClN4O. The number of nitrogens with zero attached hydrogens (tertiary/aromatic N) is 3. The van der Waals surface area contributed by atoms with Crippen LogP contribution in [-0.4, -0.2) is 14.8 Å². The molecule has 0 bridgehead atoms. The van der Waals surface area contributed by atoms with Crippen LogP contribution in [0.3, 0.4) is 0 Å². The number of hydrogen-bond acceptors (Lipinski definition) is 4. The Bertz CT molecular complexity index is 661. The van der Waals surface area contributed by atoms with Gasteiger partial charge in [0.1, 0.15) is 12.2 Å². The van der Waals surface area contributed by atoms with Crippen LogP contribution in [0.4, 0.5) is 5.69 Å². The molecule has 0 saturated carbocycles. The molecule has 2 heterocycles. The second kappa shape index (κ2) is 6.03. The summed E-state index contributed by atoms with van der Waals surface area (Å²) in [5.41, 5.74) is 0.953. The van der Waals surface area contributed by atoms with Crippen LogP contribution in [0.15, 0.2) is 35.5 Å². The summed E-state index contributed by atoms with van der Waals surface area (Å²) in [4.78, 5) is 16.0. The molecule has 1 N–H and O–H groups in total. The zero-order valence-corrected chi connectivity index (χ0v) is 10.8. The summed E-state index contributed by atoms with van der Waals surface area (Å²) in [6, 6.07) is 3.70.